The van der Waals surface area contributed by atoms with Gasteiger partial charge in [-0.15, -0.1) is 0 Å². The first-order chi connectivity index (χ1) is 7.49. The van der Waals surface area contributed by atoms with Crippen LogP contribution in [-0.4, -0.2) is 6.61 Å². The predicted molar refractivity (Wildman–Crippen MR) is 68.1 cm³/mol. The van der Waals surface area contributed by atoms with Crippen molar-refractivity contribution < 1.29 is 4.74 Å². The summed E-state index contributed by atoms with van der Waals surface area (Å²) in [7, 11) is 0. The van der Waals surface area contributed by atoms with Gasteiger partial charge in [0.15, 0.2) is 0 Å². The third-order valence-corrected chi connectivity index (χ3v) is 3.37. The van der Waals surface area contributed by atoms with E-state index in [1.54, 1.807) is 0 Å². The van der Waals surface area contributed by atoms with E-state index >= 15 is 0 Å². The summed E-state index contributed by atoms with van der Waals surface area (Å²) in [5, 5.41) is 0. The summed E-state index contributed by atoms with van der Waals surface area (Å²) in [6, 6.07) is 6.69. The maximum absolute atomic E-state index is 5.69. The van der Waals surface area contributed by atoms with Crippen LogP contribution in [0.25, 0.3) is 0 Å². The Morgan fingerprint density at radius 2 is 2.06 bits per heavy atom. The van der Waals surface area contributed by atoms with Crippen molar-refractivity contribution >= 4 is 0 Å². The highest BCUT2D eigenvalue weighted by atomic mass is 16.5. The molecule has 0 saturated heterocycles. The van der Waals surface area contributed by atoms with Gasteiger partial charge < -0.3 is 4.74 Å². The van der Waals surface area contributed by atoms with E-state index in [1.165, 1.54) is 24.0 Å². The van der Waals surface area contributed by atoms with Crippen LogP contribution in [-0.2, 0) is 11.8 Å². The van der Waals surface area contributed by atoms with Crippen LogP contribution in [0.2, 0.25) is 0 Å². The molecule has 0 spiro atoms. The van der Waals surface area contributed by atoms with E-state index in [-0.39, 0.29) is 5.41 Å². The van der Waals surface area contributed by atoms with Crippen molar-refractivity contribution in [2.24, 2.45) is 5.92 Å². The first kappa shape index (κ1) is 11.5. The van der Waals surface area contributed by atoms with Crippen molar-refractivity contribution in [3.8, 4) is 5.75 Å². The molecular formula is C15H22O. The van der Waals surface area contributed by atoms with Crippen molar-refractivity contribution in [3.63, 3.8) is 0 Å². The number of rotatable bonds is 3. The Hall–Kier alpha value is -0.980. The molecule has 0 amide bonds. The molecule has 0 radical (unpaired) electrons. The molecule has 1 aromatic carbocycles. The van der Waals surface area contributed by atoms with E-state index < -0.39 is 0 Å². The van der Waals surface area contributed by atoms with E-state index in [4.69, 9.17) is 4.74 Å². The minimum Gasteiger partial charge on any atom is -0.492 e. The first-order valence-corrected chi connectivity index (χ1v) is 6.25. The van der Waals surface area contributed by atoms with E-state index in [2.05, 4.69) is 45.9 Å². The van der Waals surface area contributed by atoms with Crippen LogP contribution in [0.5, 0.6) is 5.75 Å². The summed E-state index contributed by atoms with van der Waals surface area (Å²) >= 11 is 0. The Kier molecular flexibility index (Phi) is 2.96. The van der Waals surface area contributed by atoms with E-state index in [0.29, 0.717) is 0 Å². The molecular weight excluding hydrogens is 196 g/mol. The molecule has 0 fully saturated rings. The van der Waals surface area contributed by atoms with Gasteiger partial charge in [-0.05, 0) is 30.4 Å². The molecule has 0 aromatic heterocycles. The Labute approximate surface area is 98.8 Å². The van der Waals surface area contributed by atoms with Crippen molar-refractivity contribution in [2.45, 2.75) is 46.0 Å². The van der Waals surface area contributed by atoms with Crippen LogP contribution in [0.15, 0.2) is 18.2 Å². The maximum atomic E-state index is 5.69. The predicted octanol–water partition coefficient (Wildman–Crippen LogP) is 3.95. The average molecular weight is 218 g/mol. The monoisotopic (exact) mass is 218 g/mol. The second-order valence-electron chi connectivity index (χ2n) is 5.94. The second-order valence-corrected chi connectivity index (χ2v) is 5.94. The Balaban J connectivity index is 2.19. The lowest BCUT2D eigenvalue weighted by Crippen LogP contribution is -2.18. The van der Waals surface area contributed by atoms with Gasteiger partial charge in [-0.25, -0.2) is 0 Å². The largest absolute Gasteiger partial charge is 0.492 e. The molecule has 1 aromatic rings. The number of ether oxygens (including phenoxy) is 1. The van der Waals surface area contributed by atoms with Gasteiger partial charge in [-0.1, -0.05) is 39.8 Å². The summed E-state index contributed by atoms with van der Waals surface area (Å²) in [4.78, 5) is 0. The summed E-state index contributed by atoms with van der Waals surface area (Å²) in [6.45, 7) is 9.88. The molecule has 1 aliphatic rings. The van der Waals surface area contributed by atoms with Crippen molar-refractivity contribution in [3.05, 3.63) is 29.3 Å². The van der Waals surface area contributed by atoms with Crippen LogP contribution in [0.3, 0.4) is 0 Å². The number of hydrogen-bond donors (Lipinski definition) is 0. The van der Waals surface area contributed by atoms with Gasteiger partial charge in [0.1, 0.15) is 5.75 Å². The van der Waals surface area contributed by atoms with Gasteiger partial charge in [0.25, 0.3) is 0 Å². The second kappa shape index (κ2) is 4.12. The van der Waals surface area contributed by atoms with Gasteiger partial charge in [0.2, 0.25) is 0 Å². The third kappa shape index (κ3) is 2.23. The standard InChI is InChI=1S/C15H22O/c1-11(2)5-6-12-7-8-14-13(9-12)15(3,4)10-16-14/h7-9,11H,5-6,10H2,1-4H3. The Morgan fingerprint density at radius 3 is 2.75 bits per heavy atom. The fourth-order valence-electron chi connectivity index (χ4n) is 2.18. The lowest BCUT2D eigenvalue weighted by atomic mass is 9.85. The van der Waals surface area contributed by atoms with Crippen LogP contribution >= 0.6 is 0 Å². The maximum Gasteiger partial charge on any atom is 0.123 e. The first-order valence-electron chi connectivity index (χ1n) is 6.25. The molecule has 0 bridgehead atoms. The van der Waals surface area contributed by atoms with E-state index in [9.17, 15) is 0 Å². The molecule has 0 unspecified atom stereocenters. The smallest absolute Gasteiger partial charge is 0.123 e. The number of hydrogen-bond acceptors (Lipinski definition) is 1. The highest BCUT2D eigenvalue weighted by Crippen LogP contribution is 2.38. The fraction of sp³-hybridized carbons (Fsp3) is 0.600. The molecule has 1 aliphatic heterocycles. The topological polar surface area (TPSA) is 9.23 Å². The quantitative estimate of drug-likeness (QED) is 0.746. The zero-order valence-corrected chi connectivity index (χ0v) is 10.8. The molecule has 1 nitrogen and oxygen atoms in total. The number of benzene rings is 1. The van der Waals surface area contributed by atoms with Crippen LogP contribution < -0.4 is 4.74 Å². The molecule has 1 heteroatoms. The number of aryl methyl sites for hydroxylation is 1. The minimum atomic E-state index is 0.184. The average Bonchev–Trinajstić information content (AvgIpc) is 2.52. The Morgan fingerprint density at radius 1 is 1.31 bits per heavy atom. The molecule has 0 aliphatic carbocycles. The van der Waals surface area contributed by atoms with Crippen molar-refractivity contribution in [1.29, 1.82) is 0 Å². The van der Waals surface area contributed by atoms with Gasteiger partial charge in [-0.2, -0.15) is 0 Å². The molecule has 0 saturated carbocycles. The van der Waals surface area contributed by atoms with E-state index in [0.717, 1.165) is 18.3 Å². The summed E-state index contributed by atoms with van der Waals surface area (Å²) in [5.74, 6) is 1.86. The van der Waals surface area contributed by atoms with Gasteiger partial charge >= 0.3 is 0 Å². The third-order valence-electron chi connectivity index (χ3n) is 3.37. The highest BCUT2D eigenvalue weighted by molar-refractivity contribution is 5.45. The van der Waals surface area contributed by atoms with Crippen molar-refractivity contribution in [2.75, 3.05) is 6.61 Å². The summed E-state index contributed by atoms with van der Waals surface area (Å²) in [6.07, 6.45) is 2.45. The van der Waals surface area contributed by atoms with Crippen molar-refractivity contribution in [1.82, 2.24) is 0 Å². The molecule has 2 rings (SSSR count). The number of fused-ring (bicyclic) bond motifs is 1. The molecule has 0 N–H and O–H groups in total. The van der Waals surface area contributed by atoms with Gasteiger partial charge in [0, 0.05) is 11.0 Å². The zero-order valence-electron chi connectivity index (χ0n) is 10.8. The molecule has 1 heterocycles. The van der Waals surface area contributed by atoms with E-state index in [1.807, 2.05) is 0 Å². The lowest BCUT2D eigenvalue weighted by molar-refractivity contribution is 0.291. The Bertz CT molecular complexity index is 377. The molecule has 16 heavy (non-hydrogen) atoms. The SMILES string of the molecule is CC(C)CCc1ccc2c(c1)C(C)(C)CO2. The van der Waals surface area contributed by atoms with Crippen LogP contribution in [0.4, 0.5) is 0 Å². The fourth-order valence-corrected chi connectivity index (χ4v) is 2.18. The van der Waals surface area contributed by atoms with Crippen LogP contribution in [0, 0.1) is 5.92 Å². The minimum absolute atomic E-state index is 0.184. The molecule has 88 valence electrons. The van der Waals surface area contributed by atoms with Gasteiger partial charge in [-0.3, -0.25) is 0 Å². The molecule has 0 atom stereocenters. The zero-order chi connectivity index (χ0) is 11.8. The van der Waals surface area contributed by atoms with Crippen LogP contribution in [0.1, 0.15) is 45.2 Å². The highest BCUT2D eigenvalue weighted by Gasteiger charge is 2.31. The normalized spacial score (nSPS) is 17.3. The summed E-state index contributed by atoms with van der Waals surface area (Å²) < 4.78 is 5.69. The lowest BCUT2D eigenvalue weighted by Gasteiger charge is -2.16. The summed E-state index contributed by atoms with van der Waals surface area (Å²) in [5.41, 5.74) is 3.02. The van der Waals surface area contributed by atoms with Gasteiger partial charge in [0.05, 0.1) is 6.61 Å².